The molecule has 5 nitrogen and oxygen atoms in total. The first-order chi connectivity index (χ1) is 11.2. The molecule has 0 aromatic heterocycles. The second-order valence-electron chi connectivity index (χ2n) is 4.72. The summed E-state index contributed by atoms with van der Waals surface area (Å²) in [6, 6.07) is 11.8. The van der Waals surface area contributed by atoms with Crippen molar-refractivity contribution >= 4 is 12.3 Å². The molecule has 23 heavy (non-hydrogen) atoms. The lowest BCUT2D eigenvalue weighted by Gasteiger charge is -2.11. The average molecular weight is 314 g/mol. The van der Waals surface area contributed by atoms with Crippen LogP contribution in [0.25, 0.3) is 0 Å². The number of aldehydes is 1. The smallest absolute Gasteiger partial charge is 0.338 e. The predicted molar refractivity (Wildman–Crippen MR) is 85.1 cm³/mol. The Balaban J connectivity index is 2.06. The lowest BCUT2D eigenvalue weighted by Crippen LogP contribution is -2.04. The highest BCUT2D eigenvalue weighted by Crippen LogP contribution is 2.22. The van der Waals surface area contributed by atoms with Crippen LogP contribution in [0, 0.1) is 0 Å². The van der Waals surface area contributed by atoms with Gasteiger partial charge in [0.05, 0.1) is 19.3 Å². The van der Waals surface area contributed by atoms with Gasteiger partial charge in [0.1, 0.15) is 24.4 Å². The van der Waals surface area contributed by atoms with Crippen LogP contribution in [0.4, 0.5) is 0 Å². The Morgan fingerprint density at radius 2 is 1.87 bits per heavy atom. The van der Waals surface area contributed by atoms with E-state index in [1.807, 2.05) is 0 Å². The van der Waals surface area contributed by atoms with E-state index in [2.05, 4.69) is 0 Å². The van der Waals surface area contributed by atoms with E-state index in [0.717, 1.165) is 11.8 Å². The Morgan fingerprint density at radius 1 is 1.13 bits per heavy atom. The monoisotopic (exact) mass is 314 g/mol. The van der Waals surface area contributed by atoms with Gasteiger partial charge in [-0.25, -0.2) is 4.79 Å². The van der Waals surface area contributed by atoms with E-state index >= 15 is 0 Å². The molecule has 0 saturated heterocycles. The summed E-state index contributed by atoms with van der Waals surface area (Å²) in [5.74, 6) is 0.898. The molecule has 0 atom stereocenters. The third-order valence-corrected chi connectivity index (χ3v) is 3.20. The molecular formula is C18H18O5. The fraction of sp³-hybridized carbons (Fsp3) is 0.222. The minimum absolute atomic E-state index is 0.254. The molecule has 0 unspecified atom stereocenters. The summed E-state index contributed by atoms with van der Waals surface area (Å²) in [4.78, 5) is 22.4. The maximum atomic E-state index is 11.6. The number of benzene rings is 2. The van der Waals surface area contributed by atoms with Crippen molar-refractivity contribution in [1.29, 1.82) is 0 Å². The quantitative estimate of drug-likeness (QED) is 0.580. The van der Waals surface area contributed by atoms with Gasteiger partial charge in [-0.05, 0) is 49.4 Å². The van der Waals surface area contributed by atoms with E-state index < -0.39 is 0 Å². The van der Waals surface area contributed by atoms with Crippen LogP contribution >= 0.6 is 0 Å². The van der Waals surface area contributed by atoms with Crippen molar-refractivity contribution in [3.8, 4) is 11.5 Å². The molecule has 0 amide bonds. The van der Waals surface area contributed by atoms with E-state index in [1.54, 1.807) is 56.5 Å². The van der Waals surface area contributed by atoms with Crippen LogP contribution in [-0.2, 0) is 11.3 Å². The van der Waals surface area contributed by atoms with Crippen molar-refractivity contribution in [2.45, 2.75) is 13.5 Å². The number of ether oxygens (including phenoxy) is 3. The highest BCUT2D eigenvalue weighted by molar-refractivity contribution is 5.89. The third kappa shape index (κ3) is 4.32. The first kappa shape index (κ1) is 16.5. The summed E-state index contributed by atoms with van der Waals surface area (Å²) in [6.07, 6.45) is 0.775. The molecule has 2 aromatic rings. The first-order valence-corrected chi connectivity index (χ1v) is 7.20. The third-order valence-electron chi connectivity index (χ3n) is 3.20. The Morgan fingerprint density at radius 3 is 2.48 bits per heavy atom. The molecule has 0 aliphatic rings. The van der Waals surface area contributed by atoms with Gasteiger partial charge in [-0.15, -0.1) is 0 Å². The number of esters is 1. The summed E-state index contributed by atoms with van der Waals surface area (Å²) >= 11 is 0. The highest BCUT2D eigenvalue weighted by Gasteiger charge is 2.08. The zero-order valence-electron chi connectivity index (χ0n) is 13.1. The summed E-state index contributed by atoms with van der Waals surface area (Å²) in [6.45, 7) is 2.35. The molecule has 0 bridgehead atoms. The van der Waals surface area contributed by atoms with E-state index in [4.69, 9.17) is 14.2 Å². The Labute approximate surface area is 134 Å². The second kappa shape index (κ2) is 7.98. The summed E-state index contributed by atoms with van der Waals surface area (Å²) in [5.41, 5.74) is 1.80. The second-order valence-corrected chi connectivity index (χ2v) is 4.72. The maximum Gasteiger partial charge on any atom is 0.338 e. The predicted octanol–water partition coefficient (Wildman–Crippen LogP) is 3.26. The molecule has 0 spiro atoms. The first-order valence-electron chi connectivity index (χ1n) is 7.20. The number of hydrogen-bond donors (Lipinski definition) is 0. The number of carbonyl (C=O) groups excluding carboxylic acids is 2. The Kier molecular flexibility index (Phi) is 5.74. The number of rotatable bonds is 7. The van der Waals surface area contributed by atoms with Gasteiger partial charge in [-0.1, -0.05) is 0 Å². The topological polar surface area (TPSA) is 61.8 Å². The van der Waals surface area contributed by atoms with Gasteiger partial charge in [-0.2, -0.15) is 0 Å². The molecule has 5 heteroatoms. The summed E-state index contributed by atoms with van der Waals surface area (Å²) in [5, 5.41) is 0. The Bertz CT molecular complexity index is 676. The summed E-state index contributed by atoms with van der Waals surface area (Å²) in [7, 11) is 1.56. The molecule has 0 aliphatic heterocycles. The normalized spacial score (nSPS) is 10.0. The van der Waals surface area contributed by atoms with Crippen LogP contribution in [0.5, 0.6) is 11.5 Å². The van der Waals surface area contributed by atoms with E-state index in [9.17, 15) is 9.59 Å². The lowest BCUT2D eigenvalue weighted by atomic mass is 10.1. The molecule has 2 rings (SSSR count). The fourth-order valence-electron chi connectivity index (χ4n) is 2.05. The zero-order valence-corrected chi connectivity index (χ0v) is 13.1. The number of carbonyl (C=O) groups is 2. The van der Waals surface area contributed by atoms with Crippen LogP contribution in [0.3, 0.4) is 0 Å². The van der Waals surface area contributed by atoms with Gasteiger partial charge in [0.15, 0.2) is 0 Å². The molecule has 120 valence electrons. The van der Waals surface area contributed by atoms with Crippen molar-refractivity contribution < 1.29 is 23.8 Å². The van der Waals surface area contributed by atoms with Crippen LogP contribution in [0.1, 0.15) is 33.2 Å². The standard InChI is InChI=1S/C18H18O5/c1-3-22-18(20)14-5-7-16(8-6-14)23-12-15-10-13(11-19)4-9-17(15)21-2/h4-11H,3,12H2,1-2H3. The SMILES string of the molecule is CCOC(=O)c1ccc(OCc2cc(C=O)ccc2OC)cc1. The lowest BCUT2D eigenvalue weighted by molar-refractivity contribution is 0.0526. The average Bonchev–Trinajstić information content (AvgIpc) is 2.60. The zero-order chi connectivity index (χ0) is 16.7. The van der Waals surface area contributed by atoms with Gasteiger partial charge in [0.2, 0.25) is 0 Å². The van der Waals surface area contributed by atoms with Crippen molar-refractivity contribution in [3.63, 3.8) is 0 Å². The van der Waals surface area contributed by atoms with Gasteiger partial charge in [-0.3, -0.25) is 4.79 Å². The molecule has 0 saturated carbocycles. The van der Waals surface area contributed by atoms with E-state index in [0.29, 0.717) is 29.2 Å². The molecule has 0 heterocycles. The summed E-state index contributed by atoms with van der Waals surface area (Å²) < 4.78 is 15.9. The molecular weight excluding hydrogens is 296 g/mol. The van der Waals surface area contributed by atoms with Crippen molar-refractivity contribution in [2.75, 3.05) is 13.7 Å². The van der Waals surface area contributed by atoms with Gasteiger partial charge >= 0.3 is 5.97 Å². The van der Waals surface area contributed by atoms with Crippen LogP contribution < -0.4 is 9.47 Å². The molecule has 0 fully saturated rings. The van der Waals surface area contributed by atoms with Crippen LogP contribution in [-0.4, -0.2) is 26.0 Å². The number of methoxy groups -OCH3 is 1. The molecule has 0 aliphatic carbocycles. The Hall–Kier alpha value is -2.82. The van der Waals surface area contributed by atoms with E-state index in [-0.39, 0.29) is 12.6 Å². The fourth-order valence-corrected chi connectivity index (χ4v) is 2.05. The minimum atomic E-state index is -0.362. The van der Waals surface area contributed by atoms with Crippen LogP contribution in [0.2, 0.25) is 0 Å². The molecule has 2 aromatic carbocycles. The van der Waals surface area contributed by atoms with E-state index in [1.165, 1.54) is 0 Å². The number of hydrogen-bond acceptors (Lipinski definition) is 5. The van der Waals surface area contributed by atoms with Crippen molar-refractivity contribution in [1.82, 2.24) is 0 Å². The van der Waals surface area contributed by atoms with Gasteiger partial charge < -0.3 is 14.2 Å². The molecule has 0 radical (unpaired) electrons. The van der Waals surface area contributed by atoms with Gasteiger partial charge in [0.25, 0.3) is 0 Å². The minimum Gasteiger partial charge on any atom is -0.496 e. The maximum absolute atomic E-state index is 11.6. The molecule has 0 N–H and O–H groups in total. The van der Waals surface area contributed by atoms with Crippen molar-refractivity contribution in [3.05, 3.63) is 59.2 Å². The highest BCUT2D eigenvalue weighted by atomic mass is 16.5. The van der Waals surface area contributed by atoms with Crippen LogP contribution in [0.15, 0.2) is 42.5 Å². The van der Waals surface area contributed by atoms with Crippen molar-refractivity contribution in [2.24, 2.45) is 0 Å². The van der Waals surface area contributed by atoms with Gasteiger partial charge in [0, 0.05) is 11.1 Å². The largest absolute Gasteiger partial charge is 0.496 e.